The lowest BCUT2D eigenvalue weighted by molar-refractivity contribution is -0.121. The van der Waals surface area contributed by atoms with Crippen LogP contribution in [0.15, 0.2) is 10.9 Å². The molecule has 2 aliphatic heterocycles. The van der Waals surface area contributed by atoms with Crippen molar-refractivity contribution < 1.29 is 9.18 Å². The normalized spacial score (nSPS) is 23.0. The van der Waals surface area contributed by atoms with Crippen LogP contribution in [0.25, 0.3) is 10.9 Å². The third-order valence-electron chi connectivity index (χ3n) is 6.03. The lowest BCUT2D eigenvalue weighted by atomic mass is 9.98. The van der Waals surface area contributed by atoms with Crippen LogP contribution in [0.4, 0.5) is 15.8 Å². The summed E-state index contributed by atoms with van der Waals surface area (Å²) in [4.78, 5) is 31.6. The Labute approximate surface area is 161 Å². The first kappa shape index (κ1) is 18.3. The Balaban J connectivity index is 2.14. The number of rotatable bonds is 0. The molecule has 0 N–H and O–H groups in total. The van der Waals surface area contributed by atoms with E-state index in [9.17, 15) is 14.0 Å². The molecular weight excluding hydrogens is 371 g/mol. The van der Waals surface area contributed by atoms with Crippen molar-refractivity contribution in [2.75, 3.05) is 37.0 Å². The molecule has 1 fully saturated rings. The highest BCUT2D eigenvalue weighted by Gasteiger charge is 2.44. The number of hydrogen-bond donors (Lipinski definition) is 0. The van der Waals surface area contributed by atoms with E-state index in [1.165, 1.54) is 15.5 Å². The topological polar surface area (TPSA) is 48.8 Å². The highest BCUT2D eigenvalue weighted by atomic mass is 35.5. The van der Waals surface area contributed by atoms with Gasteiger partial charge in [-0.15, -0.1) is 0 Å². The molecular formula is C19H22ClFN4O2. The summed E-state index contributed by atoms with van der Waals surface area (Å²) < 4.78 is 16.0. The van der Waals surface area contributed by atoms with E-state index in [1.807, 2.05) is 11.9 Å². The second-order valence-electron chi connectivity index (χ2n) is 7.61. The zero-order valence-corrected chi connectivity index (χ0v) is 16.8. The Morgan fingerprint density at radius 1 is 1.15 bits per heavy atom. The summed E-state index contributed by atoms with van der Waals surface area (Å²) in [6.45, 7) is 4.78. The minimum absolute atomic E-state index is 0.128. The molecule has 6 nitrogen and oxygen atoms in total. The molecule has 8 heteroatoms. The maximum Gasteiger partial charge on any atom is 0.276 e. The quantitative estimate of drug-likeness (QED) is 0.689. The lowest BCUT2D eigenvalue weighted by Crippen LogP contribution is -2.64. The summed E-state index contributed by atoms with van der Waals surface area (Å²) in [6, 6.07) is 1.20. The van der Waals surface area contributed by atoms with E-state index in [-0.39, 0.29) is 28.2 Å². The summed E-state index contributed by atoms with van der Waals surface area (Å²) in [5, 5.41) is 0.784. The molecule has 0 saturated carbocycles. The molecule has 1 saturated heterocycles. The van der Waals surface area contributed by atoms with Gasteiger partial charge in [0.1, 0.15) is 17.5 Å². The number of hydrogen-bond acceptors (Lipinski definition) is 4. The Bertz CT molecular complexity index is 1050. The molecule has 3 heterocycles. The van der Waals surface area contributed by atoms with Crippen molar-refractivity contribution in [3.05, 3.63) is 32.8 Å². The van der Waals surface area contributed by atoms with Crippen LogP contribution in [0, 0.1) is 12.7 Å². The van der Waals surface area contributed by atoms with E-state index in [1.54, 1.807) is 21.0 Å². The van der Waals surface area contributed by atoms with Crippen LogP contribution in [0.5, 0.6) is 0 Å². The summed E-state index contributed by atoms with van der Waals surface area (Å²) in [7, 11) is 5.19. The standard InChI is InChI=1S/C19H22ClFN4O2/c1-9-7-25-13(8-22(9)3)18(26)24(5)17-16(25)11-6-12(21)10(2)14(20)15(11)23(4)19(17)27/h6,9,13H,7-8H2,1-5H3. The van der Waals surface area contributed by atoms with Crippen LogP contribution in [0.3, 0.4) is 0 Å². The predicted octanol–water partition coefficient (Wildman–Crippen LogP) is 2.12. The molecule has 2 atom stereocenters. The number of amides is 1. The Hall–Kier alpha value is -2.12. The molecule has 27 heavy (non-hydrogen) atoms. The highest BCUT2D eigenvalue weighted by molar-refractivity contribution is 6.36. The van der Waals surface area contributed by atoms with Gasteiger partial charge in [-0.05, 0) is 27.0 Å². The maximum absolute atomic E-state index is 14.6. The fourth-order valence-corrected chi connectivity index (χ4v) is 4.51. The SMILES string of the molecule is Cc1c(F)cc2c3c(c(=O)n(C)c2c1Cl)N(C)C(=O)C1CN(C)C(C)CN31. The number of piperazine rings is 1. The van der Waals surface area contributed by atoms with Crippen molar-refractivity contribution >= 4 is 39.8 Å². The van der Waals surface area contributed by atoms with Crippen molar-refractivity contribution in [1.29, 1.82) is 0 Å². The number of nitrogens with zero attached hydrogens (tertiary/aromatic N) is 4. The summed E-state index contributed by atoms with van der Waals surface area (Å²) in [5.74, 6) is -0.553. The smallest absolute Gasteiger partial charge is 0.276 e. The van der Waals surface area contributed by atoms with Gasteiger partial charge in [-0.1, -0.05) is 11.6 Å². The van der Waals surface area contributed by atoms with Crippen LogP contribution >= 0.6 is 11.6 Å². The summed E-state index contributed by atoms with van der Waals surface area (Å²) in [5.41, 5.74) is 1.37. The number of fused-ring (bicyclic) bond motifs is 5. The molecule has 4 rings (SSSR count). The molecule has 1 aromatic carbocycles. The predicted molar refractivity (Wildman–Crippen MR) is 106 cm³/mol. The summed E-state index contributed by atoms with van der Waals surface area (Å²) in [6.07, 6.45) is 0. The van der Waals surface area contributed by atoms with E-state index in [4.69, 9.17) is 11.6 Å². The van der Waals surface area contributed by atoms with Gasteiger partial charge in [-0.2, -0.15) is 0 Å². The van der Waals surface area contributed by atoms with Crippen LogP contribution in [-0.4, -0.2) is 54.6 Å². The summed E-state index contributed by atoms with van der Waals surface area (Å²) >= 11 is 6.44. The number of anilines is 2. The second-order valence-corrected chi connectivity index (χ2v) is 7.99. The monoisotopic (exact) mass is 392 g/mol. The van der Waals surface area contributed by atoms with E-state index in [0.717, 1.165) is 0 Å². The molecule has 144 valence electrons. The number of carbonyl (C=O) groups is 1. The minimum atomic E-state index is -0.424. The van der Waals surface area contributed by atoms with Gasteiger partial charge in [0, 0.05) is 44.2 Å². The Kier molecular flexibility index (Phi) is 4.01. The average Bonchev–Trinajstić information content (AvgIpc) is 2.62. The van der Waals surface area contributed by atoms with Gasteiger partial charge in [0.15, 0.2) is 0 Å². The number of carbonyl (C=O) groups excluding carboxylic acids is 1. The molecule has 0 radical (unpaired) electrons. The Morgan fingerprint density at radius 2 is 1.81 bits per heavy atom. The largest absolute Gasteiger partial charge is 0.354 e. The number of pyridine rings is 1. The fraction of sp³-hybridized carbons (Fsp3) is 0.474. The average molecular weight is 393 g/mol. The van der Waals surface area contributed by atoms with Crippen molar-refractivity contribution in [2.45, 2.75) is 25.9 Å². The number of aromatic nitrogens is 1. The molecule has 0 aliphatic carbocycles. The van der Waals surface area contributed by atoms with E-state index < -0.39 is 11.9 Å². The molecule has 1 aromatic heterocycles. The Morgan fingerprint density at radius 3 is 2.48 bits per heavy atom. The zero-order valence-electron chi connectivity index (χ0n) is 16.0. The van der Waals surface area contributed by atoms with E-state index >= 15 is 0 Å². The molecule has 1 amide bonds. The fourth-order valence-electron chi connectivity index (χ4n) is 4.19. The molecule has 2 aromatic rings. The van der Waals surface area contributed by atoms with Crippen molar-refractivity contribution in [3.8, 4) is 0 Å². The molecule has 2 unspecified atom stereocenters. The van der Waals surface area contributed by atoms with Crippen LogP contribution in [-0.2, 0) is 11.8 Å². The first-order valence-corrected chi connectivity index (χ1v) is 9.28. The molecule has 2 aliphatic rings. The van der Waals surface area contributed by atoms with E-state index in [0.29, 0.717) is 35.2 Å². The molecule has 0 bridgehead atoms. The van der Waals surface area contributed by atoms with E-state index in [2.05, 4.69) is 11.8 Å². The first-order valence-electron chi connectivity index (χ1n) is 8.90. The minimum Gasteiger partial charge on any atom is -0.354 e. The van der Waals surface area contributed by atoms with Crippen molar-refractivity contribution in [2.24, 2.45) is 7.05 Å². The van der Waals surface area contributed by atoms with Crippen LogP contribution in [0.2, 0.25) is 5.02 Å². The number of benzene rings is 1. The number of aryl methyl sites for hydroxylation is 1. The van der Waals surface area contributed by atoms with Gasteiger partial charge in [0.05, 0.1) is 16.2 Å². The third kappa shape index (κ3) is 2.34. The maximum atomic E-state index is 14.6. The first-order chi connectivity index (χ1) is 12.6. The zero-order chi connectivity index (χ0) is 19.8. The van der Waals surface area contributed by atoms with Crippen molar-refractivity contribution in [3.63, 3.8) is 0 Å². The number of likely N-dealkylation sites (N-methyl/N-ethyl adjacent to an activating group) is 2. The molecule has 0 spiro atoms. The van der Waals surface area contributed by atoms with Gasteiger partial charge in [0.25, 0.3) is 11.5 Å². The van der Waals surface area contributed by atoms with Gasteiger partial charge in [0.2, 0.25) is 0 Å². The second kappa shape index (κ2) is 5.94. The number of halogens is 2. The van der Waals surface area contributed by atoms with Gasteiger partial charge >= 0.3 is 0 Å². The lowest BCUT2D eigenvalue weighted by Gasteiger charge is -2.49. The van der Waals surface area contributed by atoms with Crippen LogP contribution in [0.1, 0.15) is 12.5 Å². The van der Waals surface area contributed by atoms with Gasteiger partial charge in [-0.3, -0.25) is 14.5 Å². The van der Waals surface area contributed by atoms with Crippen LogP contribution < -0.4 is 15.4 Å². The third-order valence-corrected chi connectivity index (χ3v) is 6.49. The van der Waals surface area contributed by atoms with Gasteiger partial charge < -0.3 is 14.4 Å². The van der Waals surface area contributed by atoms with Gasteiger partial charge in [-0.25, -0.2) is 4.39 Å². The van der Waals surface area contributed by atoms with Crippen molar-refractivity contribution in [1.82, 2.24) is 9.47 Å². The highest BCUT2D eigenvalue weighted by Crippen LogP contribution is 2.43.